The highest BCUT2D eigenvalue weighted by Gasteiger charge is 2.29. The normalized spacial score (nSPS) is 17.0. The standard InChI is InChI=1S/C18H21N5O4/c1-11-16(18(25)22-6-4-12(5-7-22)17(19)24)20-21-23(11)13-2-3-14-15(10-13)27-9-8-26-14/h2-3,10,12H,4-9H2,1H3,(H2,19,24). The number of likely N-dealkylation sites (tertiary alicyclic amines) is 1. The predicted octanol–water partition coefficient (Wildman–Crippen LogP) is 0.684. The summed E-state index contributed by atoms with van der Waals surface area (Å²) in [6.07, 6.45) is 1.16. The average molecular weight is 371 g/mol. The summed E-state index contributed by atoms with van der Waals surface area (Å²) in [5.74, 6) is 0.692. The third-order valence-electron chi connectivity index (χ3n) is 5.05. The van der Waals surface area contributed by atoms with Gasteiger partial charge in [0, 0.05) is 25.1 Å². The van der Waals surface area contributed by atoms with Crippen LogP contribution in [0.25, 0.3) is 5.69 Å². The Morgan fingerprint density at radius 2 is 1.85 bits per heavy atom. The number of nitrogens with zero attached hydrogens (tertiary/aromatic N) is 4. The number of ether oxygens (including phenoxy) is 2. The molecule has 0 bridgehead atoms. The number of amides is 2. The molecular weight excluding hydrogens is 350 g/mol. The Hall–Kier alpha value is -3.10. The molecule has 0 saturated carbocycles. The van der Waals surface area contributed by atoms with Crippen molar-refractivity contribution in [1.29, 1.82) is 0 Å². The topological polar surface area (TPSA) is 113 Å². The van der Waals surface area contributed by atoms with Gasteiger partial charge in [-0.05, 0) is 31.9 Å². The number of aromatic nitrogens is 3. The number of benzene rings is 1. The fraction of sp³-hybridized carbons (Fsp3) is 0.444. The molecule has 0 aliphatic carbocycles. The molecule has 142 valence electrons. The van der Waals surface area contributed by atoms with Gasteiger partial charge in [0.2, 0.25) is 5.91 Å². The van der Waals surface area contributed by atoms with Crippen LogP contribution in [0.15, 0.2) is 18.2 Å². The predicted molar refractivity (Wildman–Crippen MR) is 94.9 cm³/mol. The van der Waals surface area contributed by atoms with E-state index < -0.39 is 0 Å². The number of hydrogen-bond donors (Lipinski definition) is 1. The van der Waals surface area contributed by atoms with E-state index in [0.29, 0.717) is 62.0 Å². The zero-order chi connectivity index (χ0) is 19.0. The van der Waals surface area contributed by atoms with Crippen molar-refractivity contribution in [3.63, 3.8) is 0 Å². The molecule has 1 fully saturated rings. The van der Waals surface area contributed by atoms with E-state index >= 15 is 0 Å². The number of carbonyl (C=O) groups excluding carboxylic acids is 2. The quantitative estimate of drug-likeness (QED) is 0.849. The van der Waals surface area contributed by atoms with Crippen LogP contribution in [0.1, 0.15) is 29.0 Å². The van der Waals surface area contributed by atoms with Crippen LogP contribution in [-0.4, -0.2) is 58.0 Å². The zero-order valence-electron chi connectivity index (χ0n) is 15.1. The molecular formula is C18H21N5O4. The molecule has 0 unspecified atom stereocenters. The van der Waals surface area contributed by atoms with E-state index in [4.69, 9.17) is 15.2 Å². The van der Waals surface area contributed by atoms with Gasteiger partial charge in [0.15, 0.2) is 17.2 Å². The second-order valence-electron chi connectivity index (χ2n) is 6.73. The first-order chi connectivity index (χ1) is 13.0. The lowest BCUT2D eigenvalue weighted by atomic mass is 9.96. The molecule has 2 aliphatic heterocycles. The molecule has 0 radical (unpaired) electrons. The van der Waals surface area contributed by atoms with Gasteiger partial charge in [-0.15, -0.1) is 5.10 Å². The maximum absolute atomic E-state index is 12.8. The minimum absolute atomic E-state index is 0.163. The van der Waals surface area contributed by atoms with Crippen LogP contribution in [0.4, 0.5) is 0 Å². The van der Waals surface area contributed by atoms with E-state index in [1.54, 1.807) is 16.5 Å². The van der Waals surface area contributed by atoms with Crippen LogP contribution in [0.3, 0.4) is 0 Å². The second-order valence-corrected chi connectivity index (χ2v) is 6.73. The Morgan fingerprint density at radius 1 is 1.15 bits per heavy atom. The fourth-order valence-corrected chi connectivity index (χ4v) is 3.45. The first-order valence-corrected chi connectivity index (χ1v) is 8.95. The summed E-state index contributed by atoms with van der Waals surface area (Å²) in [6.45, 7) is 3.81. The number of fused-ring (bicyclic) bond motifs is 1. The summed E-state index contributed by atoms with van der Waals surface area (Å²) < 4.78 is 12.7. The van der Waals surface area contributed by atoms with Crippen molar-refractivity contribution in [2.24, 2.45) is 11.7 Å². The third-order valence-corrected chi connectivity index (χ3v) is 5.05. The summed E-state index contributed by atoms with van der Waals surface area (Å²) in [4.78, 5) is 25.8. The Kier molecular flexibility index (Phi) is 4.43. The van der Waals surface area contributed by atoms with Gasteiger partial charge < -0.3 is 20.1 Å². The van der Waals surface area contributed by atoms with E-state index in [9.17, 15) is 9.59 Å². The van der Waals surface area contributed by atoms with Crippen molar-refractivity contribution >= 4 is 11.8 Å². The van der Waals surface area contributed by atoms with Gasteiger partial charge >= 0.3 is 0 Å². The van der Waals surface area contributed by atoms with Crippen molar-refractivity contribution in [3.8, 4) is 17.2 Å². The molecule has 2 N–H and O–H groups in total. The largest absolute Gasteiger partial charge is 0.486 e. The number of carbonyl (C=O) groups is 2. The maximum atomic E-state index is 12.8. The summed E-state index contributed by atoms with van der Waals surface area (Å²) >= 11 is 0. The van der Waals surface area contributed by atoms with Gasteiger partial charge in [0.25, 0.3) is 5.91 Å². The maximum Gasteiger partial charge on any atom is 0.276 e. The third kappa shape index (κ3) is 3.20. The van der Waals surface area contributed by atoms with E-state index in [0.717, 1.165) is 5.69 Å². The lowest BCUT2D eigenvalue weighted by Crippen LogP contribution is -2.42. The Bertz CT molecular complexity index is 886. The van der Waals surface area contributed by atoms with Crippen LogP contribution in [-0.2, 0) is 4.79 Å². The first-order valence-electron chi connectivity index (χ1n) is 8.95. The van der Waals surface area contributed by atoms with Crippen molar-refractivity contribution in [3.05, 3.63) is 29.6 Å². The molecule has 2 aliphatic rings. The summed E-state index contributed by atoms with van der Waals surface area (Å²) in [5.41, 5.74) is 7.05. The van der Waals surface area contributed by atoms with Crippen LogP contribution in [0, 0.1) is 12.8 Å². The summed E-state index contributed by atoms with van der Waals surface area (Å²) in [5, 5.41) is 8.23. The van der Waals surface area contributed by atoms with Crippen molar-refractivity contribution < 1.29 is 19.1 Å². The lowest BCUT2D eigenvalue weighted by molar-refractivity contribution is -0.123. The van der Waals surface area contributed by atoms with E-state index in [-0.39, 0.29) is 17.7 Å². The molecule has 1 aromatic carbocycles. The van der Waals surface area contributed by atoms with Gasteiger partial charge in [-0.2, -0.15) is 0 Å². The molecule has 0 spiro atoms. The average Bonchev–Trinajstić information content (AvgIpc) is 3.08. The second kappa shape index (κ2) is 6.90. The molecule has 2 aromatic rings. The smallest absolute Gasteiger partial charge is 0.276 e. The van der Waals surface area contributed by atoms with E-state index in [1.807, 2.05) is 18.2 Å². The van der Waals surface area contributed by atoms with E-state index in [2.05, 4.69) is 10.3 Å². The van der Waals surface area contributed by atoms with Crippen molar-refractivity contribution in [2.75, 3.05) is 26.3 Å². The number of hydrogen-bond acceptors (Lipinski definition) is 6. The van der Waals surface area contributed by atoms with Crippen LogP contribution < -0.4 is 15.2 Å². The molecule has 0 atom stereocenters. The first kappa shape index (κ1) is 17.3. The zero-order valence-corrected chi connectivity index (χ0v) is 15.1. The highest BCUT2D eigenvalue weighted by Crippen LogP contribution is 2.32. The summed E-state index contributed by atoms with van der Waals surface area (Å²) in [6, 6.07) is 5.49. The van der Waals surface area contributed by atoms with Crippen LogP contribution in [0.5, 0.6) is 11.5 Å². The molecule has 27 heavy (non-hydrogen) atoms. The van der Waals surface area contributed by atoms with Crippen molar-refractivity contribution in [1.82, 2.24) is 19.9 Å². The Labute approximate surface area is 156 Å². The number of primary amides is 1. The lowest BCUT2D eigenvalue weighted by Gasteiger charge is -2.30. The van der Waals surface area contributed by atoms with Crippen molar-refractivity contribution in [2.45, 2.75) is 19.8 Å². The SMILES string of the molecule is Cc1c(C(=O)N2CCC(C(N)=O)CC2)nnn1-c1ccc2c(c1)OCCO2. The van der Waals surface area contributed by atoms with Gasteiger partial charge in [-0.25, -0.2) is 4.68 Å². The minimum Gasteiger partial charge on any atom is -0.486 e. The minimum atomic E-state index is -0.303. The van der Waals surface area contributed by atoms with Gasteiger partial charge in [0.1, 0.15) is 13.2 Å². The summed E-state index contributed by atoms with van der Waals surface area (Å²) in [7, 11) is 0. The fourth-order valence-electron chi connectivity index (χ4n) is 3.45. The monoisotopic (exact) mass is 371 g/mol. The number of rotatable bonds is 3. The molecule has 4 rings (SSSR count). The van der Waals surface area contributed by atoms with Gasteiger partial charge in [-0.3, -0.25) is 9.59 Å². The van der Waals surface area contributed by atoms with Crippen LogP contribution >= 0.6 is 0 Å². The molecule has 1 aromatic heterocycles. The molecule has 3 heterocycles. The molecule has 9 nitrogen and oxygen atoms in total. The molecule has 1 saturated heterocycles. The van der Waals surface area contributed by atoms with E-state index in [1.165, 1.54) is 0 Å². The van der Waals surface area contributed by atoms with Gasteiger partial charge in [-0.1, -0.05) is 5.21 Å². The Balaban J connectivity index is 1.54. The number of nitrogens with two attached hydrogens (primary N) is 1. The highest BCUT2D eigenvalue weighted by molar-refractivity contribution is 5.93. The van der Waals surface area contributed by atoms with Gasteiger partial charge in [0.05, 0.1) is 11.4 Å². The highest BCUT2D eigenvalue weighted by atomic mass is 16.6. The molecule has 9 heteroatoms. The number of piperidine rings is 1. The molecule has 2 amide bonds. The van der Waals surface area contributed by atoms with Crippen LogP contribution in [0.2, 0.25) is 0 Å². The Morgan fingerprint density at radius 3 is 2.56 bits per heavy atom.